The molecule has 0 saturated carbocycles. The van der Waals surface area contributed by atoms with Crippen molar-refractivity contribution in [3.05, 3.63) is 33.8 Å². The number of hydrogen-bond donors (Lipinski definition) is 0. The number of carbonyl (C=O) groups is 1. The average Bonchev–Trinajstić information content (AvgIpc) is 2.71. The summed E-state index contributed by atoms with van der Waals surface area (Å²) in [5.41, 5.74) is 0.190. The third kappa shape index (κ3) is 1.95. The third-order valence-corrected chi connectivity index (χ3v) is 2.43. The van der Waals surface area contributed by atoms with E-state index in [1.165, 1.54) is 15.6 Å². The summed E-state index contributed by atoms with van der Waals surface area (Å²) in [6.45, 7) is 0. The molecule has 0 radical (unpaired) electrons. The SMILES string of the molecule is Cn1cc(Cl)c(C(=O)n2cc(Br)cn2)n1. The largest absolute Gasteiger partial charge is 0.300 e. The molecule has 15 heavy (non-hydrogen) atoms. The molecule has 78 valence electrons. The molecule has 5 nitrogen and oxygen atoms in total. The predicted molar refractivity (Wildman–Crippen MR) is 57.9 cm³/mol. The lowest BCUT2D eigenvalue weighted by atomic mass is 10.4. The Hall–Kier alpha value is -1.14. The molecule has 0 aromatic carbocycles. The molecule has 0 aliphatic heterocycles. The van der Waals surface area contributed by atoms with E-state index in [1.807, 2.05) is 0 Å². The average molecular weight is 290 g/mol. The van der Waals surface area contributed by atoms with Gasteiger partial charge in [-0.15, -0.1) is 0 Å². The van der Waals surface area contributed by atoms with E-state index in [9.17, 15) is 4.79 Å². The second-order valence-corrected chi connectivity index (χ2v) is 4.23. The van der Waals surface area contributed by atoms with Gasteiger partial charge in [0.2, 0.25) is 0 Å². The van der Waals surface area contributed by atoms with Crippen LogP contribution < -0.4 is 0 Å². The molecule has 0 N–H and O–H groups in total. The molecular formula is C8H6BrClN4O. The van der Waals surface area contributed by atoms with Crippen LogP contribution in [0.5, 0.6) is 0 Å². The van der Waals surface area contributed by atoms with Gasteiger partial charge in [0.05, 0.1) is 15.7 Å². The van der Waals surface area contributed by atoms with Crippen LogP contribution >= 0.6 is 27.5 Å². The molecule has 2 rings (SSSR count). The van der Waals surface area contributed by atoms with Gasteiger partial charge >= 0.3 is 0 Å². The topological polar surface area (TPSA) is 52.7 Å². The van der Waals surface area contributed by atoms with Gasteiger partial charge in [0.15, 0.2) is 5.69 Å². The summed E-state index contributed by atoms with van der Waals surface area (Å²) in [4.78, 5) is 11.8. The number of halogens is 2. The normalized spacial score (nSPS) is 10.6. The second kappa shape index (κ2) is 3.79. The van der Waals surface area contributed by atoms with Crippen LogP contribution in [0.2, 0.25) is 5.02 Å². The Balaban J connectivity index is 2.40. The summed E-state index contributed by atoms with van der Waals surface area (Å²) in [6.07, 6.45) is 4.63. The molecule has 0 atom stereocenters. The van der Waals surface area contributed by atoms with Gasteiger partial charge in [-0.05, 0) is 15.9 Å². The van der Waals surface area contributed by atoms with E-state index in [1.54, 1.807) is 19.4 Å². The van der Waals surface area contributed by atoms with E-state index >= 15 is 0 Å². The predicted octanol–water partition coefficient (Wildman–Crippen LogP) is 1.72. The number of rotatable bonds is 1. The molecule has 0 spiro atoms. The Morgan fingerprint density at radius 2 is 2.27 bits per heavy atom. The van der Waals surface area contributed by atoms with Crippen LogP contribution in [0, 0.1) is 0 Å². The van der Waals surface area contributed by atoms with Crippen LogP contribution in [0.15, 0.2) is 23.1 Å². The Morgan fingerprint density at radius 3 is 2.73 bits per heavy atom. The molecule has 2 aromatic heterocycles. The van der Waals surface area contributed by atoms with Crippen LogP contribution in [0.25, 0.3) is 0 Å². The van der Waals surface area contributed by atoms with E-state index in [2.05, 4.69) is 26.1 Å². The molecular weight excluding hydrogens is 283 g/mol. The van der Waals surface area contributed by atoms with Gasteiger partial charge in [0, 0.05) is 19.4 Å². The van der Waals surface area contributed by atoms with E-state index in [0.29, 0.717) is 5.02 Å². The maximum atomic E-state index is 11.8. The van der Waals surface area contributed by atoms with Crippen molar-refractivity contribution in [1.29, 1.82) is 0 Å². The van der Waals surface area contributed by atoms with Crippen molar-refractivity contribution < 1.29 is 4.79 Å². The van der Waals surface area contributed by atoms with Gasteiger partial charge in [0.1, 0.15) is 0 Å². The smallest absolute Gasteiger partial charge is 0.273 e. The lowest BCUT2D eigenvalue weighted by molar-refractivity contribution is 0.0939. The van der Waals surface area contributed by atoms with Crippen LogP contribution in [0.4, 0.5) is 0 Å². The van der Waals surface area contributed by atoms with E-state index in [4.69, 9.17) is 11.6 Å². The highest BCUT2D eigenvalue weighted by Gasteiger charge is 2.17. The first kappa shape index (κ1) is 10.4. The third-order valence-electron chi connectivity index (χ3n) is 1.75. The van der Waals surface area contributed by atoms with Crippen LogP contribution in [-0.2, 0) is 7.05 Å². The second-order valence-electron chi connectivity index (χ2n) is 2.91. The zero-order chi connectivity index (χ0) is 11.0. The molecule has 0 unspecified atom stereocenters. The van der Waals surface area contributed by atoms with E-state index in [0.717, 1.165) is 4.47 Å². The Kier molecular flexibility index (Phi) is 2.62. The van der Waals surface area contributed by atoms with Crippen molar-refractivity contribution in [2.45, 2.75) is 0 Å². The summed E-state index contributed by atoms with van der Waals surface area (Å²) >= 11 is 9.04. The highest BCUT2D eigenvalue weighted by atomic mass is 79.9. The Morgan fingerprint density at radius 1 is 1.53 bits per heavy atom. The molecule has 0 aliphatic rings. The van der Waals surface area contributed by atoms with Crippen LogP contribution in [0.3, 0.4) is 0 Å². The zero-order valence-corrected chi connectivity index (χ0v) is 10.0. The summed E-state index contributed by atoms with van der Waals surface area (Å²) in [5, 5.41) is 8.12. The molecule has 2 heterocycles. The first-order valence-electron chi connectivity index (χ1n) is 4.02. The summed E-state index contributed by atoms with van der Waals surface area (Å²) in [7, 11) is 1.70. The molecule has 7 heteroatoms. The number of aromatic nitrogens is 4. The number of nitrogens with zero attached hydrogens (tertiary/aromatic N) is 4. The van der Waals surface area contributed by atoms with Crippen LogP contribution in [0.1, 0.15) is 10.5 Å². The van der Waals surface area contributed by atoms with Gasteiger partial charge in [-0.1, -0.05) is 11.6 Å². The van der Waals surface area contributed by atoms with Gasteiger partial charge in [-0.2, -0.15) is 10.2 Å². The standard InChI is InChI=1S/C8H6BrClN4O/c1-13-4-6(10)7(12-13)8(15)14-3-5(9)2-11-14/h2-4H,1H3. The molecule has 0 amide bonds. The number of carbonyl (C=O) groups excluding carboxylic acids is 1. The van der Waals surface area contributed by atoms with E-state index < -0.39 is 0 Å². The van der Waals surface area contributed by atoms with Gasteiger partial charge in [-0.25, -0.2) is 4.68 Å². The van der Waals surface area contributed by atoms with Crippen molar-refractivity contribution in [3.63, 3.8) is 0 Å². The zero-order valence-electron chi connectivity index (χ0n) is 7.69. The first-order chi connectivity index (χ1) is 7.08. The molecule has 0 bridgehead atoms. The maximum absolute atomic E-state index is 11.8. The fraction of sp³-hybridized carbons (Fsp3) is 0.125. The van der Waals surface area contributed by atoms with Gasteiger partial charge in [-0.3, -0.25) is 9.48 Å². The van der Waals surface area contributed by atoms with Gasteiger partial charge < -0.3 is 0 Å². The molecule has 2 aromatic rings. The minimum Gasteiger partial charge on any atom is -0.273 e. The van der Waals surface area contributed by atoms with Gasteiger partial charge in [0.25, 0.3) is 5.91 Å². The molecule has 0 fully saturated rings. The Bertz CT molecular complexity index is 518. The lowest BCUT2D eigenvalue weighted by Crippen LogP contribution is -2.13. The summed E-state index contributed by atoms with van der Waals surface area (Å²) < 4.78 is 3.38. The lowest BCUT2D eigenvalue weighted by Gasteiger charge is -1.95. The minimum absolute atomic E-state index is 0.190. The van der Waals surface area contributed by atoms with Crippen molar-refractivity contribution in [2.24, 2.45) is 7.05 Å². The summed E-state index contributed by atoms with van der Waals surface area (Å²) in [6, 6.07) is 0. The minimum atomic E-state index is -0.355. The monoisotopic (exact) mass is 288 g/mol. The van der Waals surface area contributed by atoms with Crippen molar-refractivity contribution >= 4 is 33.4 Å². The fourth-order valence-electron chi connectivity index (χ4n) is 1.12. The maximum Gasteiger partial charge on any atom is 0.300 e. The number of aryl methyl sites for hydroxylation is 1. The molecule has 0 aliphatic carbocycles. The van der Waals surface area contributed by atoms with Crippen molar-refractivity contribution in [3.8, 4) is 0 Å². The number of hydrogen-bond acceptors (Lipinski definition) is 3. The fourth-order valence-corrected chi connectivity index (χ4v) is 1.67. The van der Waals surface area contributed by atoms with Crippen molar-refractivity contribution in [2.75, 3.05) is 0 Å². The van der Waals surface area contributed by atoms with E-state index in [-0.39, 0.29) is 11.6 Å². The molecule has 0 saturated heterocycles. The first-order valence-corrected chi connectivity index (χ1v) is 5.19. The highest BCUT2D eigenvalue weighted by Crippen LogP contribution is 2.15. The highest BCUT2D eigenvalue weighted by molar-refractivity contribution is 9.10. The summed E-state index contributed by atoms with van der Waals surface area (Å²) in [5.74, 6) is -0.355. The Labute approximate surface area is 98.8 Å². The van der Waals surface area contributed by atoms with Crippen LogP contribution in [-0.4, -0.2) is 25.5 Å². The van der Waals surface area contributed by atoms with Crippen molar-refractivity contribution in [1.82, 2.24) is 19.6 Å². The quantitative estimate of drug-likeness (QED) is 0.803.